The number of carbonyl (C=O) groups excluding carboxylic acids is 2. The summed E-state index contributed by atoms with van der Waals surface area (Å²) in [5.74, 6) is 1.30. The first-order valence-electron chi connectivity index (χ1n) is 10.7. The van der Waals surface area contributed by atoms with Gasteiger partial charge in [-0.1, -0.05) is 19.3 Å². The van der Waals surface area contributed by atoms with Crippen molar-refractivity contribution >= 4 is 24.2 Å². The number of benzene rings is 1. The van der Waals surface area contributed by atoms with Gasteiger partial charge in [-0.3, -0.25) is 9.59 Å². The molecule has 0 spiro atoms. The minimum atomic E-state index is -0.151. The van der Waals surface area contributed by atoms with Crippen LogP contribution in [0.2, 0.25) is 0 Å². The van der Waals surface area contributed by atoms with Crippen LogP contribution in [0.4, 0.5) is 0 Å². The number of halogens is 1. The van der Waals surface area contributed by atoms with Crippen LogP contribution in [0, 0.1) is 11.8 Å². The Morgan fingerprint density at radius 2 is 1.79 bits per heavy atom. The Bertz CT molecular complexity index is 647. The summed E-state index contributed by atoms with van der Waals surface area (Å²) in [6, 6.07) is 7.42. The van der Waals surface area contributed by atoms with Gasteiger partial charge in [0.2, 0.25) is 5.91 Å². The van der Waals surface area contributed by atoms with E-state index in [4.69, 9.17) is 10.5 Å². The van der Waals surface area contributed by atoms with Gasteiger partial charge in [-0.05, 0) is 55.9 Å². The summed E-state index contributed by atoms with van der Waals surface area (Å²) >= 11 is 0. The number of rotatable bonds is 7. The highest BCUT2D eigenvalue weighted by molar-refractivity contribution is 5.94. The molecular weight excluding hydrogens is 390 g/mol. The maximum atomic E-state index is 12.8. The second-order valence-corrected chi connectivity index (χ2v) is 8.01. The molecule has 1 aliphatic heterocycles. The van der Waals surface area contributed by atoms with E-state index in [1.54, 1.807) is 4.90 Å². The van der Waals surface area contributed by atoms with Crippen molar-refractivity contribution < 1.29 is 14.3 Å². The second kappa shape index (κ2) is 12.0. The molecule has 1 unspecified atom stereocenters. The summed E-state index contributed by atoms with van der Waals surface area (Å²) in [4.78, 5) is 26.8. The van der Waals surface area contributed by atoms with Crippen molar-refractivity contribution in [1.29, 1.82) is 0 Å². The molecular formula is C22H34ClN3O3. The Hall–Kier alpha value is -1.79. The minimum Gasteiger partial charge on any atom is -0.493 e. The highest BCUT2D eigenvalue weighted by Crippen LogP contribution is 2.25. The highest BCUT2D eigenvalue weighted by atomic mass is 35.5. The van der Waals surface area contributed by atoms with Crippen LogP contribution in [0.1, 0.15) is 55.3 Å². The van der Waals surface area contributed by atoms with Crippen LogP contribution in [0.15, 0.2) is 24.3 Å². The van der Waals surface area contributed by atoms with Gasteiger partial charge in [0.25, 0.3) is 5.91 Å². The van der Waals surface area contributed by atoms with E-state index in [1.165, 1.54) is 32.1 Å². The van der Waals surface area contributed by atoms with Crippen LogP contribution in [-0.2, 0) is 4.79 Å². The number of nitrogens with one attached hydrogen (secondary N) is 1. The molecule has 1 heterocycles. The summed E-state index contributed by atoms with van der Waals surface area (Å²) < 4.78 is 5.92. The van der Waals surface area contributed by atoms with Gasteiger partial charge in [-0.15, -0.1) is 12.4 Å². The van der Waals surface area contributed by atoms with Crippen LogP contribution < -0.4 is 15.8 Å². The number of nitrogens with two attached hydrogens (primary N) is 1. The molecule has 1 saturated heterocycles. The molecule has 1 aromatic carbocycles. The van der Waals surface area contributed by atoms with Crippen molar-refractivity contribution in [3.63, 3.8) is 0 Å². The van der Waals surface area contributed by atoms with E-state index in [-0.39, 0.29) is 30.1 Å². The van der Waals surface area contributed by atoms with Gasteiger partial charge in [0.15, 0.2) is 0 Å². The molecule has 0 bridgehead atoms. The maximum Gasteiger partial charge on any atom is 0.253 e. The Morgan fingerprint density at radius 3 is 2.48 bits per heavy atom. The zero-order valence-electron chi connectivity index (χ0n) is 17.1. The smallest absolute Gasteiger partial charge is 0.253 e. The number of likely N-dealkylation sites (tertiary alicyclic amines) is 1. The topological polar surface area (TPSA) is 84.7 Å². The number of hydrogen-bond donors (Lipinski definition) is 2. The van der Waals surface area contributed by atoms with Crippen LogP contribution in [0.3, 0.4) is 0 Å². The van der Waals surface area contributed by atoms with E-state index in [0.29, 0.717) is 37.7 Å². The van der Waals surface area contributed by atoms with Gasteiger partial charge in [0.1, 0.15) is 5.75 Å². The summed E-state index contributed by atoms with van der Waals surface area (Å²) in [6.45, 7) is 2.83. The van der Waals surface area contributed by atoms with E-state index in [1.807, 2.05) is 24.3 Å². The predicted octanol–water partition coefficient (Wildman–Crippen LogP) is 2.99. The van der Waals surface area contributed by atoms with Crippen molar-refractivity contribution in [2.24, 2.45) is 17.6 Å². The summed E-state index contributed by atoms with van der Waals surface area (Å²) in [6.07, 6.45) is 8.13. The standard InChI is InChI=1S/C22H33N3O3.ClH/c23-12-13-24-21(26)19-7-4-14-25(15-19)22(27)18-8-10-20(11-9-18)28-16-17-5-2-1-3-6-17;/h8-11,17,19H,1-7,12-16,23H2,(H,24,26);1H. The fourth-order valence-corrected chi connectivity index (χ4v) is 4.16. The van der Waals surface area contributed by atoms with E-state index in [9.17, 15) is 9.59 Å². The lowest BCUT2D eigenvalue weighted by Gasteiger charge is -2.32. The number of nitrogens with zero attached hydrogens (tertiary/aromatic N) is 1. The van der Waals surface area contributed by atoms with E-state index < -0.39 is 0 Å². The molecule has 162 valence electrons. The lowest BCUT2D eigenvalue weighted by molar-refractivity contribution is -0.126. The molecule has 2 aliphatic rings. The molecule has 2 amide bonds. The molecule has 2 fully saturated rings. The molecule has 7 heteroatoms. The first kappa shape index (κ1) is 23.5. The van der Waals surface area contributed by atoms with E-state index >= 15 is 0 Å². The molecule has 0 radical (unpaired) electrons. The lowest BCUT2D eigenvalue weighted by Crippen LogP contribution is -2.46. The van der Waals surface area contributed by atoms with Crippen molar-refractivity contribution in [1.82, 2.24) is 10.2 Å². The van der Waals surface area contributed by atoms with Crippen LogP contribution >= 0.6 is 12.4 Å². The lowest BCUT2D eigenvalue weighted by atomic mass is 9.90. The van der Waals surface area contributed by atoms with Crippen LogP contribution in [0.5, 0.6) is 5.75 Å². The largest absolute Gasteiger partial charge is 0.493 e. The molecule has 1 atom stereocenters. The van der Waals surface area contributed by atoms with Gasteiger partial charge in [0, 0.05) is 31.7 Å². The average molecular weight is 424 g/mol. The van der Waals surface area contributed by atoms with Crippen molar-refractivity contribution in [3.8, 4) is 5.75 Å². The third-order valence-electron chi connectivity index (χ3n) is 5.83. The second-order valence-electron chi connectivity index (χ2n) is 8.01. The van der Waals surface area contributed by atoms with Crippen molar-refractivity contribution in [3.05, 3.63) is 29.8 Å². The SMILES string of the molecule is Cl.NCCNC(=O)C1CCCN(C(=O)c2ccc(OCC3CCCCC3)cc2)C1. The van der Waals surface area contributed by atoms with Gasteiger partial charge in [-0.25, -0.2) is 0 Å². The molecule has 29 heavy (non-hydrogen) atoms. The third kappa shape index (κ3) is 6.89. The molecule has 1 aliphatic carbocycles. The molecule has 1 aromatic rings. The normalized spacial score (nSPS) is 19.9. The van der Waals surface area contributed by atoms with Crippen LogP contribution in [0.25, 0.3) is 0 Å². The quantitative estimate of drug-likeness (QED) is 0.706. The Morgan fingerprint density at radius 1 is 1.07 bits per heavy atom. The fourth-order valence-electron chi connectivity index (χ4n) is 4.16. The Labute approximate surface area is 179 Å². The fraction of sp³-hybridized carbons (Fsp3) is 0.636. The number of hydrogen-bond acceptors (Lipinski definition) is 4. The van der Waals surface area contributed by atoms with E-state index in [2.05, 4.69) is 5.32 Å². The Balaban J connectivity index is 0.00000300. The molecule has 3 rings (SSSR count). The zero-order valence-corrected chi connectivity index (χ0v) is 17.9. The first-order valence-corrected chi connectivity index (χ1v) is 10.7. The first-order chi connectivity index (χ1) is 13.7. The zero-order chi connectivity index (χ0) is 19.8. The summed E-state index contributed by atoms with van der Waals surface area (Å²) in [7, 11) is 0. The monoisotopic (exact) mass is 423 g/mol. The van der Waals surface area contributed by atoms with Crippen molar-refractivity contribution in [2.45, 2.75) is 44.9 Å². The number of carbonyl (C=O) groups is 2. The summed E-state index contributed by atoms with van der Waals surface area (Å²) in [5, 5.41) is 2.83. The molecule has 6 nitrogen and oxygen atoms in total. The number of piperidine rings is 1. The minimum absolute atomic E-state index is 0. The van der Waals surface area contributed by atoms with Gasteiger partial charge < -0.3 is 20.7 Å². The number of ether oxygens (including phenoxy) is 1. The average Bonchev–Trinajstić information content (AvgIpc) is 2.76. The number of amides is 2. The maximum absolute atomic E-state index is 12.8. The highest BCUT2D eigenvalue weighted by Gasteiger charge is 2.28. The molecule has 0 aromatic heterocycles. The molecule has 3 N–H and O–H groups in total. The van der Waals surface area contributed by atoms with Gasteiger partial charge in [0.05, 0.1) is 12.5 Å². The predicted molar refractivity (Wildman–Crippen MR) is 116 cm³/mol. The van der Waals surface area contributed by atoms with Gasteiger partial charge >= 0.3 is 0 Å². The Kier molecular flexibility index (Phi) is 9.74. The van der Waals surface area contributed by atoms with Crippen molar-refractivity contribution in [2.75, 3.05) is 32.8 Å². The third-order valence-corrected chi connectivity index (χ3v) is 5.83. The summed E-state index contributed by atoms with van der Waals surface area (Å²) in [5.41, 5.74) is 6.09. The molecule has 1 saturated carbocycles. The van der Waals surface area contributed by atoms with E-state index in [0.717, 1.165) is 25.2 Å². The van der Waals surface area contributed by atoms with Gasteiger partial charge in [-0.2, -0.15) is 0 Å². The van der Waals surface area contributed by atoms with Crippen LogP contribution in [-0.4, -0.2) is 49.5 Å².